The lowest BCUT2D eigenvalue weighted by molar-refractivity contribution is 0.116. The highest BCUT2D eigenvalue weighted by molar-refractivity contribution is 7.86. The van der Waals surface area contributed by atoms with E-state index in [0.717, 1.165) is 0 Å². The number of hydrogen-bond donors (Lipinski definition) is 2. The molecule has 0 aliphatic heterocycles. The second-order valence-electron chi connectivity index (χ2n) is 5.36. The van der Waals surface area contributed by atoms with Crippen molar-refractivity contribution >= 4 is 10.1 Å². The van der Waals surface area contributed by atoms with Gasteiger partial charge in [0, 0.05) is 0 Å². The third-order valence-corrected chi connectivity index (χ3v) is 4.79. The van der Waals surface area contributed by atoms with E-state index >= 15 is 0 Å². The smallest absolute Gasteiger partial charge is 0.281 e. The van der Waals surface area contributed by atoms with Crippen molar-refractivity contribution < 1.29 is 13.0 Å². The summed E-state index contributed by atoms with van der Waals surface area (Å²) in [6.45, 7) is 3.25. The van der Waals surface area contributed by atoms with Crippen LogP contribution in [-0.4, -0.2) is 18.3 Å². The van der Waals surface area contributed by atoms with Crippen LogP contribution in [0, 0.1) is 17.8 Å². The third-order valence-electron chi connectivity index (χ3n) is 3.56. The van der Waals surface area contributed by atoms with Crippen molar-refractivity contribution in [1.82, 2.24) is 0 Å². The van der Waals surface area contributed by atoms with Gasteiger partial charge in [0.05, 0.1) is 0 Å². The molecule has 0 radical (unpaired) electrons. The first kappa shape index (κ1) is 13.9. The first-order valence-electron chi connectivity index (χ1n) is 6.02. The Morgan fingerprint density at radius 2 is 1.62 bits per heavy atom. The van der Waals surface area contributed by atoms with E-state index in [1.165, 1.54) is 18.3 Å². The molecule has 0 spiro atoms. The molecule has 0 amide bonds. The number of nitrogens with two attached hydrogens (primary N) is 1. The van der Waals surface area contributed by atoms with Crippen LogP contribution >= 0.6 is 0 Å². The van der Waals surface area contributed by atoms with Gasteiger partial charge in [-0.1, -0.05) is 33.1 Å². The van der Waals surface area contributed by atoms with Gasteiger partial charge in [-0.25, -0.2) is 0 Å². The summed E-state index contributed by atoms with van der Waals surface area (Å²) in [5, 5.41) is -1.16. The maximum absolute atomic E-state index is 10.2. The zero-order chi connectivity index (χ0) is 12.3. The summed E-state index contributed by atoms with van der Waals surface area (Å²) in [5.41, 5.74) is 5.06. The molecule has 16 heavy (non-hydrogen) atoms. The summed E-state index contributed by atoms with van der Waals surface area (Å²) in [6.07, 6.45) is 7.81. The van der Waals surface area contributed by atoms with E-state index < -0.39 is 15.5 Å². The summed E-state index contributed by atoms with van der Waals surface area (Å²) in [4.78, 5) is 0. The topological polar surface area (TPSA) is 80.4 Å². The van der Waals surface area contributed by atoms with Crippen LogP contribution < -0.4 is 5.73 Å². The molecule has 0 aromatic carbocycles. The fourth-order valence-electron chi connectivity index (χ4n) is 2.38. The van der Waals surface area contributed by atoms with Crippen LogP contribution in [0.25, 0.3) is 0 Å². The largest absolute Gasteiger partial charge is 0.313 e. The van der Waals surface area contributed by atoms with E-state index in [2.05, 4.69) is 0 Å². The van der Waals surface area contributed by atoms with Crippen molar-refractivity contribution in [3.05, 3.63) is 0 Å². The van der Waals surface area contributed by atoms with Gasteiger partial charge in [0.1, 0.15) is 5.37 Å². The van der Waals surface area contributed by atoms with Crippen LogP contribution in [0.3, 0.4) is 0 Å². The second kappa shape index (κ2) is 5.47. The number of hydrogen-bond acceptors (Lipinski definition) is 3. The van der Waals surface area contributed by atoms with Gasteiger partial charge in [-0.05, 0) is 30.6 Å². The van der Waals surface area contributed by atoms with Gasteiger partial charge in [-0.2, -0.15) is 8.42 Å². The molecular weight excluding hydrogens is 226 g/mol. The first-order valence-corrected chi connectivity index (χ1v) is 7.53. The quantitative estimate of drug-likeness (QED) is 0.734. The predicted molar refractivity (Wildman–Crippen MR) is 64.4 cm³/mol. The summed E-state index contributed by atoms with van der Waals surface area (Å²) < 4.78 is 28.7. The highest BCUT2D eigenvalue weighted by Crippen LogP contribution is 2.45. The lowest BCUT2D eigenvalue weighted by Gasteiger charge is -2.40. The minimum Gasteiger partial charge on any atom is -0.313 e. The van der Waals surface area contributed by atoms with Crippen LogP contribution in [0.1, 0.15) is 46.0 Å². The molecule has 3 N–H and O–H groups in total. The first-order chi connectivity index (χ1) is 7.30. The molecule has 4 nitrogen and oxygen atoms in total. The molecule has 5 heteroatoms. The second-order valence-corrected chi connectivity index (χ2v) is 6.93. The monoisotopic (exact) mass is 249 g/mol. The van der Waals surface area contributed by atoms with Crippen LogP contribution in [0.2, 0.25) is 0 Å². The molecule has 3 rings (SSSR count). The van der Waals surface area contributed by atoms with E-state index in [9.17, 15) is 8.42 Å². The molecule has 3 aliphatic rings. The molecule has 0 saturated heterocycles. The molecule has 3 aliphatic carbocycles. The number of rotatable bonds is 2. The molecule has 0 heterocycles. The van der Waals surface area contributed by atoms with Gasteiger partial charge in [-0.15, -0.1) is 0 Å². The molecule has 96 valence electrons. The Morgan fingerprint density at radius 1 is 1.19 bits per heavy atom. The molecule has 3 fully saturated rings. The van der Waals surface area contributed by atoms with Crippen LogP contribution in [-0.2, 0) is 10.1 Å². The van der Waals surface area contributed by atoms with Crippen LogP contribution in [0.5, 0.6) is 0 Å². The summed E-state index contributed by atoms with van der Waals surface area (Å²) >= 11 is 0. The fourth-order valence-corrected chi connectivity index (χ4v) is 3.07. The van der Waals surface area contributed by atoms with Gasteiger partial charge in [0.15, 0.2) is 0 Å². The Labute approximate surface area is 98.4 Å². The predicted octanol–water partition coefficient (Wildman–Crippen LogP) is 2.01. The zero-order valence-electron chi connectivity index (χ0n) is 10.1. The summed E-state index contributed by atoms with van der Waals surface area (Å²) in [7, 11) is -4.02. The van der Waals surface area contributed by atoms with Crippen molar-refractivity contribution in [2.45, 2.75) is 51.3 Å². The molecule has 0 aromatic rings. The van der Waals surface area contributed by atoms with Crippen molar-refractivity contribution in [3.63, 3.8) is 0 Å². The van der Waals surface area contributed by atoms with Gasteiger partial charge in [0.2, 0.25) is 0 Å². The van der Waals surface area contributed by atoms with Gasteiger partial charge < -0.3 is 5.73 Å². The molecule has 0 aromatic heterocycles. The summed E-state index contributed by atoms with van der Waals surface area (Å²) in [5.74, 6) is 2.11. The maximum atomic E-state index is 10.2. The van der Waals surface area contributed by atoms with Gasteiger partial charge >= 0.3 is 0 Å². The minimum absolute atomic E-state index is 0.250. The Kier molecular flexibility index (Phi) is 4.76. The molecule has 1 unspecified atom stereocenters. The van der Waals surface area contributed by atoms with Gasteiger partial charge in [-0.3, -0.25) is 4.55 Å². The Hall–Kier alpha value is -0.130. The molecule has 3 saturated carbocycles. The maximum Gasteiger partial charge on any atom is 0.281 e. The fraction of sp³-hybridized carbons (Fsp3) is 1.00. The molecule has 2 bridgehead atoms. The van der Waals surface area contributed by atoms with Crippen molar-refractivity contribution in [2.24, 2.45) is 23.5 Å². The van der Waals surface area contributed by atoms with Crippen molar-refractivity contribution in [3.8, 4) is 0 Å². The minimum atomic E-state index is -4.02. The van der Waals surface area contributed by atoms with E-state index in [1.807, 2.05) is 0 Å². The van der Waals surface area contributed by atoms with Crippen LogP contribution in [0.15, 0.2) is 0 Å². The third kappa shape index (κ3) is 4.03. The summed E-state index contributed by atoms with van der Waals surface area (Å²) in [6, 6.07) is 0. The molecular formula is C11H23NO3S. The number of fused-ring (bicyclic) bond motifs is 2. The SMILES string of the molecule is C1CC2CC(C1)C2.CC(C)C(N)S(=O)(=O)O. The van der Waals surface area contributed by atoms with E-state index in [0.29, 0.717) is 0 Å². The average molecular weight is 249 g/mol. The van der Waals surface area contributed by atoms with Crippen molar-refractivity contribution in [2.75, 3.05) is 0 Å². The normalized spacial score (nSPS) is 30.1. The van der Waals surface area contributed by atoms with E-state index in [1.54, 1.807) is 39.5 Å². The van der Waals surface area contributed by atoms with E-state index in [4.69, 9.17) is 10.3 Å². The van der Waals surface area contributed by atoms with Crippen LogP contribution in [0.4, 0.5) is 0 Å². The zero-order valence-corrected chi connectivity index (χ0v) is 10.9. The van der Waals surface area contributed by atoms with E-state index in [-0.39, 0.29) is 5.92 Å². The lowest BCUT2D eigenvalue weighted by Crippen LogP contribution is -2.34. The molecule has 1 atom stereocenters. The Bertz CT molecular complexity index is 294. The standard InChI is InChI=1S/C7H12.C4H11NO3S/c1-2-6-4-7(3-1)5-6;1-3(2)4(5)9(6,7)8/h6-7H,1-5H2;3-4H,5H2,1-2H3,(H,6,7,8). The van der Waals surface area contributed by atoms with Crippen molar-refractivity contribution in [1.29, 1.82) is 0 Å². The van der Waals surface area contributed by atoms with Gasteiger partial charge in [0.25, 0.3) is 10.1 Å². The highest BCUT2D eigenvalue weighted by atomic mass is 32.2. The average Bonchev–Trinajstić information content (AvgIpc) is 2.16. The Balaban J connectivity index is 0.000000163. The Morgan fingerprint density at radius 3 is 1.69 bits per heavy atom. The lowest BCUT2D eigenvalue weighted by atomic mass is 9.65. The highest BCUT2D eigenvalue weighted by Gasteiger charge is 2.32.